The molecule has 8 heteroatoms. The van der Waals surface area contributed by atoms with Gasteiger partial charge in [0.15, 0.2) is 0 Å². The normalized spacial score (nSPS) is 14.4. The molecule has 224 valence electrons. The SMILES string of the molecule is CCc1ccccc1N(CC(=O)N(Cc1cccc(C)c1)[C@@H](CC)C(=O)NC1CCCC1)S(=O)(=O)c1ccc(C)cc1. The summed E-state index contributed by atoms with van der Waals surface area (Å²) in [7, 11) is -4.10. The lowest BCUT2D eigenvalue weighted by Gasteiger charge is -2.34. The molecule has 0 heterocycles. The van der Waals surface area contributed by atoms with E-state index in [1.807, 2.05) is 64.1 Å². The van der Waals surface area contributed by atoms with Gasteiger partial charge in [-0.05, 0) is 68.9 Å². The topological polar surface area (TPSA) is 86.8 Å². The van der Waals surface area contributed by atoms with E-state index in [0.29, 0.717) is 18.5 Å². The number of rotatable bonds is 12. The number of para-hydroxylation sites is 1. The van der Waals surface area contributed by atoms with Crippen LogP contribution in [0.2, 0.25) is 0 Å². The van der Waals surface area contributed by atoms with Crippen molar-refractivity contribution in [3.63, 3.8) is 0 Å². The highest BCUT2D eigenvalue weighted by Gasteiger charge is 2.35. The number of hydrogen-bond donors (Lipinski definition) is 1. The van der Waals surface area contributed by atoms with Gasteiger partial charge >= 0.3 is 0 Å². The van der Waals surface area contributed by atoms with E-state index in [0.717, 1.165) is 47.9 Å². The maximum Gasteiger partial charge on any atom is 0.264 e. The minimum absolute atomic E-state index is 0.109. The van der Waals surface area contributed by atoms with Gasteiger partial charge in [0, 0.05) is 12.6 Å². The molecule has 3 aromatic carbocycles. The van der Waals surface area contributed by atoms with Gasteiger partial charge < -0.3 is 10.2 Å². The smallest absolute Gasteiger partial charge is 0.264 e. The molecule has 0 saturated heterocycles. The molecule has 1 N–H and O–H groups in total. The predicted molar refractivity (Wildman–Crippen MR) is 168 cm³/mol. The second-order valence-electron chi connectivity index (χ2n) is 11.2. The highest BCUT2D eigenvalue weighted by atomic mass is 32.2. The summed E-state index contributed by atoms with van der Waals surface area (Å²) in [6.45, 7) is 7.51. The van der Waals surface area contributed by atoms with Crippen LogP contribution < -0.4 is 9.62 Å². The lowest BCUT2D eigenvalue weighted by Crippen LogP contribution is -2.53. The Kier molecular flexibility index (Phi) is 10.4. The van der Waals surface area contributed by atoms with Crippen LogP contribution in [-0.4, -0.2) is 43.8 Å². The molecule has 1 saturated carbocycles. The zero-order valence-electron chi connectivity index (χ0n) is 25.2. The van der Waals surface area contributed by atoms with Crippen LogP contribution in [0.4, 0.5) is 5.69 Å². The lowest BCUT2D eigenvalue weighted by molar-refractivity contribution is -0.140. The van der Waals surface area contributed by atoms with Gasteiger partial charge in [0.05, 0.1) is 10.6 Å². The molecule has 1 fully saturated rings. The van der Waals surface area contributed by atoms with Crippen molar-refractivity contribution in [3.8, 4) is 0 Å². The fraction of sp³-hybridized carbons (Fsp3) is 0.412. The molecule has 1 atom stereocenters. The first-order valence-electron chi connectivity index (χ1n) is 15.0. The Bertz CT molecular complexity index is 1480. The first kappa shape index (κ1) is 31.3. The summed E-state index contributed by atoms with van der Waals surface area (Å²) < 4.78 is 29.5. The fourth-order valence-electron chi connectivity index (χ4n) is 5.70. The maximum absolute atomic E-state index is 14.3. The molecule has 42 heavy (non-hydrogen) atoms. The third-order valence-electron chi connectivity index (χ3n) is 8.05. The standard InChI is InChI=1S/C34H43N3O4S/c1-5-28-14-7-10-17-32(28)37(42(40,41)30-20-18-25(3)19-21-30)24-33(38)36(23-27-13-11-12-26(4)22-27)31(6-2)34(39)35-29-15-8-9-16-29/h7,10-14,17-22,29,31H,5-6,8-9,15-16,23-24H2,1-4H3,(H,35,39)/t31-/m0/s1. The van der Waals surface area contributed by atoms with Crippen molar-refractivity contribution in [3.05, 3.63) is 95.1 Å². The van der Waals surface area contributed by atoms with Gasteiger partial charge in [0.2, 0.25) is 11.8 Å². The maximum atomic E-state index is 14.3. The van der Waals surface area contributed by atoms with Gasteiger partial charge in [-0.1, -0.05) is 92.4 Å². The summed E-state index contributed by atoms with van der Waals surface area (Å²) in [5.74, 6) is -0.612. The van der Waals surface area contributed by atoms with E-state index in [1.165, 1.54) is 4.31 Å². The predicted octanol–water partition coefficient (Wildman–Crippen LogP) is 5.93. The Balaban J connectivity index is 1.74. The summed E-state index contributed by atoms with van der Waals surface area (Å²) in [4.78, 5) is 29.6. The second kappa shape index (κ2) is 14.0. The molecule has 0 bridgehead atoms. The van der Waals surface area contributed by atoms with Crippen molar-refractivity contribution >= 4 is 27.5 Å². The molecule has 4 rings (SSSR count). The van der Waals surface area contributed by atoms with Gasteiger partial charge in [-0.25, -0.2) is 8.42 Å². The van der Waals surface area contributed by atoms with Crippen molar-refractivity contribution in [2.45, 2.75) is 89.7 Å². The lowest BCUT2D eigenvalue weighted by atomic mass is 10.1. The first-order valence-corrected chi connectivity index (χ1v) is 16.4. The van der Waals surface area contributed by atoms with Crippen molar-refractivity contribution in [1.82, 2.24) is 10.2 Å². The van der Waals surface area contributed by atoms with E-state index >= 15 is 0 Å². The number of amides is 2. The molecule has 0 spiro atoms. The molecule has 2 amide bonds. The average Bonchev–Trinajstić information content (AvgIpc) is 3.49. The third-order valence-corrected chi connectivity index (χ3v) is 9.83. The first-order chi connectivity index (χ1) is 20.1. The zero-order valence-corrected chi connectivity index (χ0v) is 26.0. The molecule has 0 radical (unpaired) electrons. The van der Waals surface area contributed by atoms with Crippen molar-refractivity contribution in [2.75, 3.05) is 10.8 Å². The highest BCUT2D eigenvalue weighted by molar-refractivity contribution is 7.92. The van der Waals surface area contributed by atoms with Crippen LogP contribution >= 0.6 is 0 Å². The number of hydrogen-bond acceptors (Lipinski definition) is 4. The summed E-state index contributed by atoms with van der Waals surface area (Å²) >= 11 is 0. The number of aryl methyl sites for hydroxylation is 3. The Morgan fingerprint density at radius 1 is 0.905 bits per heavy atom. The summed E-state index contributed by atoms with van der Waals surface area (Å²) in [5.41, 5.74) is 4.15. The largest absolute Gasteiger partial charge is 0.352 e. The van der Waals surface area contributed by atoms with Gasteiger partial charge in [0.25, 0.3) is 10.0 Å². The quantitative estimate of drug-likeness (QED) is 0.284. The Morgan fingerprint density at radius 2 is 1.60 bits per heavy atom. The molecule has 0 unspecified atom stereocenters. The third kappa shape index (κ3) is 7.40. The van der Waals surface area contributed by atoms with Crippen LogP contribution in [0.3, 0.4) is 0 Å². The van der Waals surface area contributed by atoms with Crippen LogP contribution in [-0.2, 0) is 32.6 Å². The molecular formula is C34H43N3O4S. The molecule has 3 aromatic rings. The number of carbonyl (C=O) groups is 2. The monoisotopic (exact) mass is 589 g/mol. The van der Waals surface area contributed by atoms with Crippen LogP contribution in [0.15, 0.2) is 77.7 Å². The Morgan fingerprint density at radius 3 is 2.24 bits per heavy atom. The van der Waals surface area contributed by atoms with Crippen LogP contribution in [0, 0.1) is 13.8 Å². The number of carbonyl (C=O) groups excluding carboxylic acids is 2. The number of nitrogens with one attached hydrogen (secondary N) is 1. The van der Waals surface area contributed by atoms with E-state index in [1.54, 1.807) is 41.3 Å². The Labute approximate surface area is 251 Å². The van der Waals surface area contributed by atoms with Gasteiger partial charge in [-0.3, -0.25) is 13.9 Å². The van der Waals surface area contributed by atoms with E-state index < -0.39 is 28.5 Å². The molecule has 7 nitrogen and oxygen atoms in total. The minimum atomic E-state index is -4.10. The molecule has 0 aromatic heterocycles. The van der Waals surface area contributed by atoms with Crippen LogP contribution in [0.1, 0.15) is 68.2 Å². The Hall–Kier alpha value is -3.65. The molecule has 1 aliphatic rings. The number of nitrogens with zero attached hydrogens (tertiary/aromatic N) is 2. The number of sulfonamides is 1. The van der Waals surface area contributed by atoms with E-state index in [2.05, 4.69) is 5.32 Å². The highest BCUT2D eigenvalue weighted by Crippen LogP contribution is 2.29. The van der Waals surface area contributed by atoms with Crippen molar-refractivity contribution < 1.29 is 18.0 Å². The minimum Gasteiger partial charge on any atom is -0.352 e. The second-order valence-corrected chi connectivity index (χ2v) is 13.1. The van der Waals surface area contributed by atoms with E-state index in [-0.39, 0.29) is 23.4 Å². The van der Waals surface area contributed by atoms with Crippen molar-refractivity contribution in [2.24, 2.45) is 0 Å². The summed E-state index contributed by atoms with van der Waals surface area (Å²) in [5, 5.41) is 3.16. The van der Waals surface area contributed by atoms with E-state index in [4.69, 9.17) is 0 Å². The zero-order chi connectivity index (χ0) is 30.3. The van der Waals surface area contributed by atoms with Crippen molar-refractivity contribution in [1.29, 1.82) is 0 Å². The summed E-state index contributed by atoms with van der Waals surface area (Å²) in [6, 6.07) is 21.1. The van der Waals surface area contributed by atoms with Gasteiger partial charge in [0.1, 0.15) is 12.6 Å². The van der Waals surface area contributed by atoms with Crippen LogP contribution in [0.5, 0.6) is 0 Å². The number of benzene rings is 3. The average molecular weight is 590 g/mol. The fourth-order valence-corrected chi connectivity index (χ4v) is 7.15. The molecule has 1 aliphatic carbocycles. The van der Waals surface area contributed by atoms with Gasteiger partial charge in [-0.15, -0.1) is 0 Å². The van der Waals surface area contributed by atoms with Gasteiger partial charge in [-0.2, -0.15) is 0 Å². The molecular weight excluding hydrogens is 546 g/mol. The summed E-state index contributed by atoms with van der Waals surface area (Å²) in [6.07, 6.45) is 5.03. The molecule has 0 aliphatic heterocycles. The van der Waals surface area contributed by atoms with E-state index in [9.17, 15) is 18.0 Å². The number of anilines is 1. The van der Waals surface area contributed by atoms with Crippen LogP contribution in [0.25, 0.3) is 0 Å².